The van der Waals surface area contributed by atoms with Gasteiger partial charge in [-0.2, -0.15) is 0 Å². The Labute approximate surface area is 124 Å². The van der Waals surface area contributed by atoms with Crippen molar-refractivity contribution in [2.75, 3.05) is 18.0 Å². The zero-order valence-corrected chi connectivity index (χ0v) is 12.1. The molecule has 0 aliphatic carbocycles. The Morgan fingerprint density at radius 2 is 1.75 bits per heavy atom. The van der Waals surface area contributed by atoms with Gasteiger partial charge in [-0.3, -0.25) is 4.99 Å². The number of benzene rings is 2. The number of aliphatic imine (C=N–C) groups is 1. The fourth-order valence-electron chi connectivity index (χ4n) is 2.45. The van der Waals surface area contributed by atoms with Crippen LogP contribution in [0.2, 0.25) is 5.02 Å². The predicted octanol–water partition coefficient (Wildman–Crippen LogP) is 4.69. The first-order chi connectivity index (χ1) is 9.81. The molecule has 1 heterocycles. The second-order valence-corrected chi connectivity index (χ2v) is 5.46. The molecule has 0 unspecified atom stereocenters. The molecule has 20 heavy (non-hydrogen) atoms. The fourth-order valence-corrected chi connectivity index (χ4v) is 2.64. The van der Waals surface area contributed by atoms with Crippen LogP contribution in [-0.4, -0.2) is 19.3 Å². The number of hydrogen-bond acceptors (Lipinski definition) is 2. The zero-order chi connectivity index (χ0) is 13.8. The van der Waals surface area contributed by atoms with E-state index in [4.69, 9.17) is 11.6 Å². The first kappa shape index (κ1) is 13.2. The molecule has 0 saturated carbocycles. The van der Waals surface area contributed by atoms with E-state index >= 15 is 0 Å². The van der Waals surface area contributed by atoms with E-state index in [-0.39, 0.29) is 0 Å². The lowest BCUT2D eigenvalue weighted by molar-refractivity contribution is 0.949. The topological polar surface area (TPSA) is 15.6 Å². The van der Waals surface area contributed by atoms with Gasteiger partial charge >= 0.3 is 0 Å². The minimum absolute atomic E-state index is 0.712. The summed E-state index contributed by atoms with van der Waals surface area (Å²) in [6.07, 6.45) is 4.48. The highest BCUT2D eigenvalue weighted by atomic mass is 35.5. The maximum absolute atomic E-state index is 5.94. The molecule has 2 nitrogen and oxygen atoms in total. The van der Waals surface area contributed by atoms with Gasteiger partial charge in [0.2, 0.25) is 0 Å². The van der Waals surface area contributed by atoms with E-state index in [0.29, 0.717) is 5.02 Å². The Morgan fingerprint density at radius 1 is 1.00 bits per heavy atom. The minimum Gasteiger partial charge on any atom is -0.372 e. The summed E-state index contributed by atoms with van der Waals surface area (Å²) < 4.78 is 0. The monoisotopic (exact) mass is 284 g/mol. The van der Waals surface area contributed by atoms with Crippen LogP contribution in [0.4, 0.5) is 11.4 Å². The quantitative estimate of drug-likeness (QED) is 0.747. The average molecular weight is 285 g/mol. The summed E-state index contributed by atoms with van der Waals surface area (Å²) in [5, 5.41) is 0.712. The third-order valence-corrected chi connectivity index (χ3v) is 3.77. The molecular formula is C17H17ClN2. The molecular weight excluding hydrogens is 268 g/mol. The third-order valence-electron chi connectivity index (χ3n) is 3.54. The standard InChI is InChI=1S/C17H17ClN2/c18-15-4-3-5-16(12-15)19-13-14-6-8-17(9-7-14)20-10-1-2-11-20/h3-9,12-13H,1-2,10-11H2. The number of hydrogen-bond donors (Lipinski definition) is 0. The van der Waals surface area contributed by atoms with Crippen LogP contribution in [0.15, 0.2) is 53.5 Å². The van der Waals surface area contributed by atoms with E-state index in [1.54, 1.807) is 0 Å². The van der Waals surface area contributed by atoms with Gasteiger partial charge in [0, 0.05) is 30.0 Å². The minimum atomic E-state index is 0.712. The van der Waals surface area contributed by atoms with Crippen LogP contribution in [-0.2, 0) is 0 Å². The van der Waals surface area contributed by atoms with Crippen molar-refractivity contribution >= 4 is 29.2 Å². The van der Waals surface area contributed by atoms with Crippen molar-refractivity contribution in [2.24, 2.45) is 4.99 Å². The summed E-state index contributed by atoms with van der Waals surface area (Å²) in [5.74, 6) is 0. The van der Waals surface area contributed by atoms with Crippen LogP contribution in [0.5, 0.6) is 0 Å². The highest BCUT2D eigenvalue weighted by Crippen LogP contribution is 2.21. The molecule has 102 valence electrons. The summed E-state index contributed by atoms with van der Waals surface area (Å²) in [6, 6.07) is 16.1. The molecule has 1 aliphatic heterocycles. The van der Waals surface area contributed by atoms with Gasteiger partial charge < -0.3 is 4.90 Å². The Hall–Kier alpha value is -1.80. The summed E-state index contributed by atoms with van der Waals surface area (Å²) in [5.41, 5.74) is 3.29. The maximum atomic E-state index is 5.94. The molecule has 1 saturated heterocycles. The average Bonchev–Trinajstić information content (AvgIpc) is 3.00. The van der Waals surface area contributed by atoms with Crippen LogP contribution in [0, 0.1) is 0 Å². The van der Waals surface area contributed by atoms with Crippen molar-refractivity contribution in [3.63, 3.8) is 0 Å². The van der Waals surface area contributed by atoms with Crippen LogP contribution in [0.1, 0.15) is 18.4 Å². The van der Waals surface area contributed by atoms with Gasteiger partial charge in [-0.05, 0) is 48.7 Å². The number of nitrogens with zero attached hydrogens (tertiary/aromatic N) is 2. The summed E-state index contributed by atoms with van der Waals surface area (Å²) in [6.45, 7) is 2.35. The lowest BCUT2D eigenvalue weighted by atomic mass is 10.2. The van der Waals surface area contributed by atoms with Crippen molar-refractivity contribution in [2.45, 2.75) is 12.8 Å². The molecule has 0 amide bonds. The molecule has 0 bridgehead atoms. The number of halogens is 1. The van der Waals surface area contributed by atoms with Crippen molar-refractivity contribution in [3.8, 4) is 0 Å². The van der Waals surface area contributed by atoms with Gasteiger partial charge in [-0.25, -0.2) is 0 Å². The van der Waals surface area contributed by atoms with Crippen LogP contribution < -0.4 is 4.90 Å². The Bertz CT molecular complexity index is 599. The molecule has 0 N–H and O–H groups in total. The fraction of sp³-hybridized carbons (Fsp3) is 0.235. The van der Waals surface area contributed by atoms with Gasteiger partial charge in [0.05, 0.1) is 5.69 Å². The maximum Gasteiger partial charge on any atom is 0.0644 e. The third kappa shape index (κ3) is 3.20. The van der Waals surface area contributed by atoms with Crippen LogP contribution in [0.3, 0.4) is 0 Å². The van der Waals surface area contributed by atoms with E-state index in [1.807, 2.05) is 30.5 Å². The van der Waals surface area contributed by atoms with E-state index < -0.39 is 0 Å². The van der Waals surface area contributed by atoms with Crippen molar-refractivity contribution in [1.29, 1.82) is 0 Å². The highest BCUT2D eigenvalue weighted by molar-refractivity contribution is 6.30. The molecule has 0 atom stereocenters. The summed E-state index contributed by atoms with van der Waals surface area (Å²) in [4.78, 5) is 6.87. The normalized spacial score (nSPS) is 15.2. The molecule has 2 aromatic rings. The summed E-state index contributed by atoms with van der Waals surface area (Å²) >= 11 is 5.94. The van der Waals surface area contributed by atoms with Crippen LogP contribution in [0.25, 0.3) is 0 Å². The molecule has 0 spiro atoms. The van der Waals surface area contributed by atoms with E-state index in [1.165, 1.54) is 31.6 Å². The highest BCUT2D eigenvalue weighted by Gasteiger charge is 2.11. The first-order valence-electron chi connectivity index (χ1n) is 6.96. The molecule has 0 radical (unpaired) electrons. The number of rotatable bonds is 3. The zero-order valence-electron chi connectivity index (χ0n) is 11.3. The van der Waals surface area contributed by atoms with Crippen molar-refractivity contribution in [3.05, 3.63) is 59.1 Å². The first-order valence-corrected chi connectivity index (χ1v) is 7.34. The van der Waals surface area contributed by atoms with Crippen LogP contribution >= 0.6 is 11.6 Å². The molecule has 1 fully saturated rings. The lowest BCUT2D eigenvalue weighted by Crippen LogP contribution is -2.17. The molecule has 1 aliphatic rings. The Balaban J connectivity index is 1.71. The number of anilines is 1. The molecule has 3 rings (SSSR count). The van der Waals surface area contributed by atoms with Gasteiger partial charge in [-0.1, -0.05) is 29.8 Å². The van der Waals surface area contributed by atoms with Crippen molar-refractivity contribution < 1.29 is 0 Å². The van der Waals surface area contributed by atoms with E-state index in [0.717, 1.165) is 11.3 Å². The van der Waals surface area contributed by atoms with Gasteiger partial charge in [0.15, 0.2) is 0 Å². The second kappa shape index (κ2) is 6.10. The Morgan fingerprint density at radius 3 is 2.45 bits per heavy atom. The second-order valence-electron chi connectivity index (χ2n) is 5.02. The smallest absolute Gasteiger partial charge is 0.0644 e. The molecule has 3 heteroatoms. The lowest BCUT2D eigenvalue weighted by Gasteiger charge is -2.17. The van der Waals surface area contributed by atoms with Gasteiger partial charge in [0.1, 0.15) is 0 Å². The van der Waals surface area contributed by atoms with Gasteiger partial charge in [0.25, 0.3) is 0 Å². The SMILES string of the molecule is Clc1cccc(N=Cc2ccc(N3CCCC3)cc2)c1. The van der Waals surface area contributed by atoms with E-state index in [9.17, 15) is 0 Å². The van der Waals surface area contributed by atoms with E-state index in [2.05, 4.69) is 34.2 Å². The molecule has 0 aromatic heterocycles. The molecule has 2 aromatic carbocycles. The Kier molecular flexibility index (Phi) is 4.03. The largest absolute Gasteiger partial charge is 0.372 e. The summed E-state index contributed by atoms with van der Waals surface area (Å²) in [7, 11) is 0. The van der Waals surface area contributed by atoms with Crippen molar-refractivity contribution in [1.82, 2.24) is 0 Å². The predicted molar refractivity (Wildman–Crippen MR) is 86.6 cm³/mol. The van der Waals surface area contributed by atoms with Gasteiger partial charge in [-0.15, -0.1) is 0 Å².